The van der Waals surface area contributed by atoms with E-state index in [0.717, 1.165) is 6.20 Å². The predicted octanol–water partition coefficient (Wildman–Crippen LogP) is 4.31. The van der Waals surface area contributed by atoms with Gasteiger partial charge in [-0.15, -0.1) is 0 Å². The number of amides is 1. The van der Waals surface area contributed by atoms with Gasteiger partial charge >= 0.3 is 12.1 Å². The molecule has 30 heavy (non-hydrogen) atoms. The molecular weight excluding hydrogens is 403 g/mol. The molecular formula is C20H16F3N3O4. The van der Waals surface area contributed by atoms with E-state index in [9.17, 15) is 22.8 Å². The maximum absolute atomic E-state index is 13.5. The molecule has 1 aromatic carbocycles. The molecule has 0 unspecified atom stereocenters. The summed E-state index contributed by atoms with van der Waals surface area (Å²) in [5.74, 6) is -1.06. The van der Waals surface area contributed by atoms with Crippen LogP contribution in [-0.2, 0) is 15.7 Å². The molecule has 0 aliphatic rings. The number of carbonyl (C=O) groups is 2. The average molecular weight is 419 g/mol. The number of alkyl halides is 3. The molecule has 1 amide bonds. The van der Waals surface area contributed by atoms with Crippen LogP contribution in [0.1, 0.15) is 28.7 Å². The number of halogens is 3. The van der Waals surface area contributed by atoms with Gasteiger partial charge in [0.1, 0.15) is 11.3 Å². The Labute approximate surface area is 168 Å². The van der Waals surface area contributed by atoms with Crippen molar-refractivity contribution in [1.82, 2.24) is 9.78 Å². The lowest BCUT2D eigenvalue weighted by atomic mass is 10.2. The molecule has 0 fully saturated rings. The monoisotopic (exact) mass is 419 g/mol. The lowest BCUT2D eigenvalue weighted by Crippen LogP contribution is -2.18. The Morgan fingerprint density at radius 3 is 2.57 bits per heavy atom. The number of benzene rings is 1. The maximum Gasteiger partial charge on any atom is 0.434 e. The van der Waals surface area contributed by atoms with Crippen LogP contribution in [0.15, 0.2) is 59.4 Å². The van der Waals surface area contributed by atoms with E-state index in [4.69, 9.17) is 4.42 Å². The van der Waals surface area contributed by atoms with Crippen LogP contribution in [-0.4, -0.2) is 28.3 Å². The summed E-state index contributed by atoms with van der Waals surface area (Å²) in [4.78, 5) is 23.8. The fourth-order valence-electron chi connectivity index (χ4n) is 2.59. The minimum absolute atomic E-state index is 0.0574. The van der Waals surface area contributed by atoms with Crippen molar-refractivity contribution in [2.75, 3.05) is 11.9 Å². The molecule has 10 heteroatoms. The molecule has 2 aromatic heterocycles. The summed E-state index contributed by atoms with van der Waals surface area (Å²) in [6, 6.07) is 8.85. The first-order chi connectivity index (χ1) is 14.3. The summed E-state index contributed by atoms with van der Waals surface area (Å²) in [7, 11) is 0. The van der Waals surface area contributed by atoms with E-state index < -0.39 is 29.3 Å². The number of nitrogens with one attached hydrogen (secondary N) is 1. The van der Waals surface area contributed by atoms with Crippen molar-refractivity contribution in [3.63, 3.8) is 0 Å². The van der Waals surface area contributed by atoms with E-state index in [-0.39, 0.29) is 12.3 Å². The van der Waals surface area contributed by atoms with Gasteiger partial charge in [-0.2, -0.15) is 18.3 Å². The minimum atomic E-state index is -4.83. The number of hydrogen-bond acceptors (Lipinski definition) is 5. The van der Waals surface area contributed by atoms with Crippen molar-refractivity contribution in [3.05, 3.63) is 72.0 Å². The highest BCUT2D eigenvalue weighted by atomic mass is 19.4. The summed E-state index contributed by atoms with van der Waals surface area (Å²) in [6.45, 7) is 1.43. The first-order valence-electron chi connectivity index (χ1n) is 8.75. The zero-order chi connectivity index (χ0) is 21.7. The third-order valence-corrected chi connectivity index (χ3v) is 3.85. The number of aromatic nitrogens is 2. The molecule has 0 saturated heterocycles. The predicted molar refractivity (Wildman–Crippen MR) is 101 cm³/mol. The molecule has 2 heterocycles. The first-order valence-corrected chi connectivity index (χ1v) is 8.75. The standard InChI is InChI=1S/C20H16F3N3O4/c1-2-29-19(28)16-12-24-26(18(16)20(21,22)23)14-7-5-13(6-8-14)25-17(27)10-9-15-4-3-11-30-15/h3-12H,2H2,1H3,(H,25,27). The first kappa shape index (κ1) is 20.9. The van der Waals surface area contributed by atoms with E-state index in [0.29, 0.717) is 16.1 Å². The van der Waals surface area contributed by atoms with Crippen molar-refractivity contribution >= 4 is 23.6 Å². The number of furan rings is 1. The summed E-state index contributed by atoms with van der Waals surface area (Å²) in [6.07, 6.45) is 0.180. The van der Waals surface area contributed by atoms with Crippen LogP contribution in [0.4, 0.5) is 18.9 Å². The van der Waals surface area contributed by atoms with Gasteiger partial charge in [0, 0.05) is 11.8 Å². The molecule has 3 rings (SSSR count). The zero-order valence-electron chi connectivity index (χ0n) is 15.6. The molecule has 3 aromatic rings. The number of rotatable bonds is 6. The minimum Gasteiger partial charge on any atom is -0.465 e. The van der Waals surface area contributed by atoms with E-state index in [1.54, 1.807) is 12.1 Å². The molecule has 0 spiro atoms. The van der Waals surface area contributed by atoms with Gasteiger partial charge in [0.2, 0.25) is 5.91 Å². The topological polar surface area (TPSA) is 86.4 Å². The van der Waals surface area contributed by atoms with Gasteiger partial charge in [0.15, 0.2) is 5.69 Å². The van der Waals surface area contributed by atoms with Crippen LogP contribution < -0.4 is 5.32 Å². The summed E-state index contributed by atoms with van der Waals surface area (Å²) in [5.41, 5.74) is -1.50. The Hall–Kier alpha value is -3.82. The van der Waals surface area contributed by atoms with Crippen molar-refractivity contribution in [3.8, 4) is 5.69 Å². The fraction of sp³-hybridized carbons (Fsp3) is 0.150. The number of ether oxygens (including phenoxy) is 1. The maximum atomic E-state index is 13.5. The van der Waals surface area contributed by atoms with Gasteiger partial charge in [-0.05, 0) is 49.4 Å². The molecule has 156 valence electrons. The largest absolute Gasteiger partial charge is 0.465 e. The number of carbonyl (C=O) groups excluding carboxylic acids is 2. The second-order valence-electron chi connectivity index (χ2n) is 5.92. The van der Waals surface area contributed by atoms with Crippen LogP contribution >= 0.6 is 0 Å². The molecule has 0 radical (unpaired) electrons. The summed E-state index contributed by atoms with van der Waals surface area (Å²) in [5, 5.41) is 6.27. The van der Waals surface area contributed by atoms with Crippen LogP contribution in [0.5, 0.6) is 0 Å². The third kappa shape index (κ3) is 4.77. The zero-order valence-corrected chi connectivity index (χ0v) is 15.6. The molecule has 1 N–H and O–H groups in total. The van der Waals surface area contributed by atoms with E-state index >= 15 is 0 Å². The van der Waals surface area contributed by atoms with E-state index in [1.807, 2.05) is 0 Å². The lowest BCUT2D eigenvalue weighted by molar-refractivity contribution is -0.143. The Morgan fingerprint density at radius 1 is 1.23 bits per heavy atom. The quantitative estimate of drug-likeness (QED) is 0.475. The molecule has 0 atom stereocenters. The molecule has 0 aliphatic carbocycles. The van der Waals surface area contributed by atoms with Gasteiger partial charge < -0.3 is 14.5 Å². The van der Waals surface area contributed by atoms with Crippen LogP contribution in [0.25, 0.3) is 11.8 Å². The highest BCUT2D eigenvalue weighted by Crippen LogP contribution is 2.34. The fourth-order valence-corrected chi connectivity index (χ4v) is 2.59. The lowest BCUT2D eigenvalue weighted by Gasteiger charge is -2.13. The van der Waals surface area contributed by atoms with Gasteiger partial charge in [-0.25, -0.2) is 9.48 Å². The average Bonchev–Trinajstić information content (AvgIpc) is 3.37. The number of esters is 1. The van der Waals surface area contributed by atoms with Gasteiger partial charge in [0.05, 0.1) is 24.8 Å². The Morgan fingerprint density at radius 2 is 1.97 bits per heavy atom. The number of anilines is 1. The van der Waals surface area contributed by atoms with Crippen molar-refractivity contribution in [1.29, 1.82) is 0 Å². The highest BCUT2D eigenvalue weighted by Gasteiger charge is 2.41. The second-order valence-corrected chi connectivity index (χ2v) is 5.92. The number of nitrogens with zero attached hydrogens (tertiary/aromatic N) is 2. The molecule has 0 bridgehead atoms. The normalized spacial score (nSPS) is 11.6. The van der Waals surface area contributed by atoms with E-state index in [2.05, 4.69) is 15.2 Å². The van der Waals surface area contributed by atoms with Crippen LogP contribution in [0.2, 0.25) is 0 Å². The van der Waals surface area contributed by atoms with Crippen molar-refractivity contribution in [2.24, 2.45) is 0 Å². The van der Waals surface area contributed by atoms with Crippen LogP contribution in [0, 0.1) is 0 Å². The Bertz CT molecular complexity index is 1050. The van der Waals surface area contributed by atoms with Gasteiger partial charge in [-0.1, -0.05) is 0 Å². The molecule has 7 nitrogen and oxygen atoms in total. The van der Waals surface area contributed by atoms with Crippen molar-refractivity contribution < 1.29 is 31.9 Å². The van der Waals surface area contributed by atoms with E-state index in [1.165, 1.54) is 49.6 Å². The second kappa shape index (κ2) is 8.68. The van der Waals surface area contributed by atoms with Gasteiger partial charge in [-0.3, -0.25) is 4.79 Å². The smallest absolute Gasteiger partial charge is 0.434 e. The van der Waals surface area contributed by atoms with Crippen molar-refractivity contribution in [2.45, 2.75) is 13.1 Å². The summed E-state index contributed by atoms with van der Waals surface area (Å²) >= 11 is 0. The van der Waals surface area contributed by atoms with Gasteiger partial charge in [0.25, 0.3) is 0 Å². The molecule has 0 saturated carbocycles. The SMILES string of the molecule is CCOC(=O)c1cnn(-c2ccc(NC(=O)C=Cc3ccco3)cc2)c1C(F)(F)F. The Kier molecular flexibility index (Phi) is 6.05. The summed E-state index contributed by atoms with van der Waals surface area (Å²) < 4.78 is 51.0. The Balaban J connectivity index is 1.80. The third-order valence-electron chi connectivity index (χ3n) is 3.85. The highest BCUT2D eigenvalue weighted by molar-refractivity contribution is 6.01. The molecule has 0 aliphatic heterocycles. The number of hydrogen-bond donors (Lipinski definition) is 1. The van der Waals surface area contributed by atoms with Crippen LogP contribution in [0.3, 0.4) is 0 Å².